The van der Waals surface area contributed by atoms with E-state index in [1.54, 1.807) is 5.56 Å². The van der Waals surface area contributed by atoms with Crippen molar-refractivity contribution in [3.63, 3.8) is 0 Å². The van der Waals surface area contributed by atoms with E-state index in [2.05, 4.69) is 50.3 Å². The average molecular weight is 355 g/mol. The van der Waals surface area contributed by atoms with Gasteiger partial charge >= 0.3 is 0 Å². The Kier molecular flexibility index (Phi) is 7.65. The van der Waals surface area contributed by atoms with Gasteiger partial charge in [-0.3, -0.25) is 0 Å². The van der Waals surface area contributed by atoms with Crippen LogP contribution in [0.2, 0.25) is 0 Å². The van der Waals surface area contributed by atoms with Crippen molar-refractivity contribution in [1.29, 1.82) is 0 Å². The summed E-state index contributed by atoms with van der Waals surface area (Å²) < 4.78 is 5.80. The van der Waals surface area contributed by atoms with E-state index in [-0.39, 0.29) is 0 Å². The molecule has 1 heteroatoms. The lowest BCUT2D eigenvalue weighted by atomic mass is 9.69. The Labute approximate surface area is 161 Å². The van der Waals surface area contributed by atoms with E-state index in [1.807, 2.05) is 0 Å². The van der Waals surface area contributed by atoms with E-state index >= 15 is 0 Å². The SMILES string of the molecule is CCCOc1ccc(C(CC2CC=CCC2)C2CCC(CC)CC2)cc1. The first-order valence-corrected chi connectivity index (χ1v) is 11.2. The van der Waals surface area contributed by atoms with Crippen LogP contribution in [0.1, 0.15) is 89.5 Å². The summed E-state index contributed by atoms with van der Waals surface area (Å²) in [4.78, 5) is 0. The molecule has 0 aromatic heterocycles. The fourth-order valence-corrected chi connectivity index (χ4v) is 5.06. The molecule has 1 nitrogen and oxygen atoms in total. The molecule has 1 aromatic carbocycles. The Morgan fingerprint density at radius 2 is 1.69 bits per heavy atom. The predicted molar refractivity (Wildman–Crippen MR) is 112 cm³/mol. The molecular formula is C25H38O. The maximum atomic E-state index is 5.80. The quantitative estimate of drug-likeness (QED) is 0.439. The molecule has 0 spiro atoms. The first-order chi connectivity index (χ1) is 12.8. The van der Waals surface area contributed by atoms with Crippen LogP contribution in [0.4, 0.5) is 0 Å². The van der Waals surface area contributed by atoms with E-state index < -0.39 is 0 Å². The van der Waals surface area contributed by atoms with Crippen LogP contribution in [0.25, 0.3) is 0 Å². The number of hydrogen-bond donors (Lipinski definition) is 0. The number of hydrogen-bond acceptors (Lipinski definition) is 1. The smallest absolute Gasteiger partial charge is 0.119 e. The van der Waals surface area contributed by atoms with Gasteiger partial charge < -0.3 is 4.74 Å². The maximum absolute atomic E-state index is 5.80. The van der Waals surface area contributed by atoms with E-state index in [0.29, 0.717) is 0 Å². The van der Waals surface area contributed by atoms with Gasteiger partial charge in [0.15, 0.2) is 0 Å². The van der Waals surface area contributed by atoms with Crippen LogP contribution in [0.3, 0.4) is 0 Å². The van der Waals surface area contributed by atoms with Crippen molar-refractivity contribution in [2.45, 2.75) is 84.0 Å². The fourth-order valence-electron chi connectivity index (χ4n) is 5.06. The summed E-state index contributed by atoms with van der Waals surface area (Å²) in [5.74, 6) is 4.51. The Balaban J connectivity index is 1.70. The van der Waals surface area contributed by atoms with Gasteiger partial charge in [-0.15, -0.1) is 0 Å². The zero-order valence-corrected chi connectivity index (χ0v) is 17.0. The van der Waals surface area contributed by atoms with Gasteiger partial charge in [0.05, 0.1) is 6.61 Å². The molecule has 0 aliphatic heterocycles. The van der Waals surface area contributed by atoms with Crippen molar-refractivity contribution < 1.29 is 4.74 Å². The molecule has 144 valence electrons. The van der Waals surface area contributed by atoms with Crippen LogP contribution < -0.4 is 4.74 Å². The molecule has 0 radical (unpaired) electrons. The Hall–Kier alpha value is -1.24. The van der Waals surface area contributed by atoms with E-state index in [4.69, 9.17) is 4.74 Å². The van der Waals surface area contributed by atoms with Crippen LogP contribution in [0, 0.1) is 17.8 Å². The first-order valence-electron chi connectivity index (χ1n) is 11.2. The first kappa shape index (κ1) is 19.5. The van der Waals surface area contributed by atoms with Crippen LogP contribution in [0.15, 0.2) is 36.4 Å². The minimum Gasteiger partial charge on any atom is -0.494 e. The minimum absolute atomic E-state index is 0.740. The Morgan fingerprint density at radius 1 is 0.923 bits per heavy atom. The molecule has 0 N–H and O–H groups in total. The second-order valence-corrected chi connectivity index (χ2v) is 8.60. The van der Waals surface area contributed by atoms with Crippen molar-refractivity contribution in [2.75, 3.05) is 6.61 Å². The van der Waals surface area contributed by atoms with E-state index in [0.717, 1.165) is 42.4 Å². The monoisotopic (exact) mass is 354 g/mol. The average Bonchev–Trinajstić information content (AvgIpc) is 2.72. The molecule has 0 bridgehead atoms. The molecule has 3 rings (SSSR count). The van der Waals surface area contributed by atoms with Gasteiger partial charge in [0.25, 0.3) is 0 Å². The van der Waals surface area contributed by atoms with Crippen LogP contribution in [0.5, 0.6) is 5.75 Å². The highest BCUT2D eigenvalue weighted by atomic mass is 16.5. The van der Waals surface area contributed by atoms with Crippen molar-refractivity contribution in [3.05, 3.63) is 42.0 Å². The number of allylic oxidation sites excluding steroid dienone is 2. The molecule has 2 aliphatic carbocycles. The molecule has 2 atom stereocenters. The van der Waals surface area contributed by atoms with Crippen molar-refractivity contribution in [1.82, 2.24) is 0 Å². The summed E-state index contributed by atoms with van der Waals surface area (Å²) in [7, 11) is 0. The summed E-state index contributed by atoms with van der Waals surface area (Å²) >= 11 is 0. The highest BCUT2D eigenvalue weighted by molar-refractivity contribution is 5.30. The lowest BCUT2D eigenvalue weighted by Crippen LogP contribution is -2.23. The molecule has 2 aliphatic rings. The lowest BCUT2D eigenvalue weighted by molar-refractivity contribution is 0.215. The molecular weight excluding hydrogens is 316 g/mol. The van der Waals surface area contributed by atoms with Gasteiger partial charge in [-0.25, -0.2) is 0 Å². The van der Waals surface area contributed by atoms with Crippen molar-refractivity contribution in [3.8, 4) is 5.75 Å². The normalized spacial score (nSPS) is 27.2. The summed E-state index contributed by atoms with van der Waals surface area (Å²) in [5.41, 5.74) is 1.56. The second kappa shape index (κ2) is 10.2. The molecule has 1 aromatic rings. The van der Waals surface area contributed by atoms with Crippen LogP contribution in [-0.2, 0) is 0 Å². The number of ether oxygens (including phenoxy) is 1. The van der Waals surface area contributed by atoms with E-state index in [9.17, 15) is 0 Å². The maximum Gasteiger partial charge on any atom is 0.119 e. The standard InChI is InChI=1S/C25H38O/c1-3-18-26-24-16-14-23(15-17-24)25(19-21-8-6-5-7-9-21)22-12-10-20(4-2)11-13-22/h5-6,14-17,20-22,25H,3-4,7-13,18-19H2,1-2H3. The summed E-state index contributed by atoms with van der Waals surface area (Å²) in [6.07, 6.45) is 18.3. The molecule has 1 saturated carbocycles. The third-order valence-electron chi connectivity index (χ3n) is 6.78. The Morgan fingerprint density at radius 3 is 2.31 bits per heavy atom. The van der Waals surface area contributed by atoms with Gasteiger partial charge in [-0.05, 0) is 86.3 Å². The third kappa shape index (κ3) is 5.38. The summed E-state index contributed by atoms with van der Waals surface area (Å²) in [6.45, 7) is 5.35. The van der Waals surface area contributed by atoms with Gasteiger partial charge in [-0.1, -0.05) is 57.4 Å². The second-order valence-electron chi connectivity index (χ2n) is 8.60. The fraction of sp³-hybridized carbons (Fsp3) is 0.680. The highest BCUT2D eigenvalue weighted by Crippen LogP contribution is 2.43. The van der Waals surface area contributed by atoms with Gasteiger partial charge in [0, 0.05) is 0 Å². The molecule has 26 heavy (non-hydrogen) atoms. The largest absolute Gasteiger partial charge is 0.494 e. The molecule has 0 saturated heterocycles. The predicted octanol–water partition coefficient (Wildman–Crippen LogP) is 7.52. The van der Waals surface area contributed by atoms with Gasteiger partial charge in [0.1, 0.15) is 5.75 Å². The zero-order valence-electron chi connectivity index (χ0n) is 17.0. The van der Waals surface area contributed by atoms with E-state index in [1.165, 1.54) is 57.8 Å². The van der Waals surface area contributed by atoms with Crippen molar-refractivity contribution >= 4 is 0 Å². The van der Waals surface area contributed by atoms with Gasteiger partial charge in [-0.2, -0.15) is 0 Å². The lowest BCUT2D eigenvalue weighted by Gasteiger charge is -2.36. The summed E-state index contributed by atoms with van der Waals surface area (Å²) in [6, 6.07) is 9.13. The topological polar surface area (TPSA) is 9.23 Å². The molecule has 2 unspecified atom stereocenters. The number of benzene rings is 1. The minimum atomic E-state index is 0.740. The molecule has 1 fully saturated rings. The van der Waals surface area contributed by atoms with Crippen LogP contribution in [-0.4, -0.2) is 6.61 Å². The highest BCUT2D eigenvalue weighted by Gasteiger charge is 2.30. The van der Waals surface area contributed by atoms with Gasteiger partial charge in [0.2, 0.25) is 0 Å². The third-order valence-corrected chi connectivity index (χ3v) is 6.78. The summed E-state index contributed by atoms with van der Waals surface area (Å²) in [5, 5.41) is 0. The number of rotatable bonds is 8. The molecule has 0 heterocycles. The Bertz CT molecular complexity index is 536. The van der Waals surface area contributed by atoms with Crippen molar-refractivity contribution in [2.24, 2.45) is 17.8 Å². The molecule has 0 amide bonds. The zero-order chi connectivity index (χ0) is 18.2. The van der Waals surface area contributed by atoms with Crippen LogP contribution >= 0.6 is 0 Å².